The number of halogens is 1. The molecule has 2 aliphatic rings. The van der Waals surface area contributed by atoms with Gasteiger partial charge in [0.25, 0.3) is 0 Å². The number of hydrogen-bond acceptors (Lipinski definition) is 6. The topological polar surface area (TPSA) is 97.6 Å². The maximum Gasteiger partial charge on any atom is 0.346 e. The van der Waals surface area contributed by atoms with Crippen molar-refractivity contribution in [3.8, 4) is 11.5 Å². The number of hydrogen-bond donors (Lipinski definition) is 0. The Labute approximate surface area is 160 Å². The average Bonchev–Trinajstić information content (AvgIpc) is 3.55. The van der Waals surface area contributed by atoms with Crippen molar-refractivity contribution in [2.75, 3.05) is 26.2 Å². The van der Waals surface area contributed by atoms with Crippen LogP contribution in [0.15, 0.2) is 36.5 Å². The Bertz CT molecular complexity index is 933. The van der Waals surface area contributed by atoms with Gasteiger partial charge in [-0.05, 0) is 36.8 Å². The van der Waals surface area contributed by atoms with E-state index in [0.717, 1.165) is 38.4 Å². The zero-order chi connectivity index (χ0) is 19.9. The molecule has 0 radical (unpaired) electrons. The first-order chi connectivity index (χ1) is 13.4. The van der Waals surface area contributed by atoms with Crippen molar-refractivity contribution in [1.29, 1.82) is 0 Å². The van der Waals surface area contributed by atoms with Crippen LogP contribution in [0.3, 0.4) is 0 Å². The highest BCUT2D eigenvalue weighted by atomic mass is 31.2. The van der Waals surface area contributed by atoms with Crippen molar-refractivity contribution in [1.82, 2.24) is 14.3 Å². The normalized spacial score (nSPS) is 17.9. The Morgan fingerprint density at radius 3 is 2.43 bits per heavy atom. The fourth-order valence-electron chi connectivity index (χ4n) is 2.74. The third kappa shape index (κ3) is 3.90. The summed E-state index contributed by atoms with van der Waals surface area (Å²) in [4.78, 5) is 14.2. The Morgan fingerprint density at radius 2 is 1.89 bits per heavy atom. The van der Waals surface area contributed by atoms with E-state index in [1.54, 1.807) is 22.3 Å². The maximum absolute atomic E-state index is 13.2. The first-order valence-electron chi connectivity index (χ1n) is 8.74. The number of nitro benzene ring substituents is 1. The zero-order valence-electron chi connectivity index (χ0n) is 15.0. The molecule has 2 aromatic rings. The summed E-state index contributed by atoms with van der Waals surface area (Å²) in [6.45, 7) is 4.66. The molecule has 0 amide bonds. The molecule has 2 aliphatic heterocycles. The zero-order valence-corrected chi connectivity index (χ0v) is 15.9. The molecule has 0 aliphatic carbocycles. The summed E-state index contributed by atoms with van der Waals surface area (Å²) in [6, 6.07) is 6.75. The van der Waals surface area contributed by atoms with E-state index in [2.05, 4.69) is 4.98 Å². The minimum atomic E-state index is -3.04. The Hall–Kier alpha value is -2.39. The van der Waals surface area contributed by atoms with Gasteiger partial charge in [-0.2, -0.15) is 4.39 Å². The molecule has 0 N–H and O–H groups in total. The van der Waals surface area contributed by atoms with Gasteiger partial charge in [-0.25, -0.2) is 14.3 Å². The second-order valence-electron chi connectivity index (χ2n) is 6.55. The second-order valence-corrected chi connectivity index (χ2v) is 8.87. The van der Waals surface area contributed by atoms with Crippen LogP contribution in [0.1, 0.15) is 18.6 Å². The minimum Gasteiger partial charge on any atom is -0.448 e. The molecule has 0 saturated carbocycles. The predicted molar refractivity (Wildman–Crippen MR) is 97.6 cm³/mol. The standard InChI is InChI=1S/C17H18FN4O5P/c1-12(27-28(25,20-6-7-20)21-8-9-21)13-2-4-15(22(23)24)16(10-13)26-14-3-5-17(18)19-11-14/h2-5,10-12H,6-9H2,1H3. The molecule has 28 heavy (non-hydrogen) atoms. The van der Waals surface area contributed by atoms with E-state index in [1.807, 2.05) is 0 Å². The summed E-state index contributed by atoms with van der Waals surface area (Å²) in [5.74, 6) is -0.549. The highest BCUT2D eigenvalue weighted by molar-refractivity contribution is 7.54. The smallest absolute Gasteiger partial charge is 0.346 e. The first kappa shape index (κ1) is 18.9. The maximum atomic E-state index is 13.2. The van der Waals surface area contributed by atoms with Crippen molar-refractivity contribution in [2.24, 2.45) is 0 Å². The SMILES string of the molecule is CC(OP(=O)(N1CC1)N1CC1)c1ccc([N+](=O)[O-])c(Oc2ccc(F)nc2)c1. The molecule has 4 rings (SSSR count). The van der Waals surface area contributed by atoms with Gasteiger partial charge in [0.2, 0.25) is 11.7 Å². The van der Waals surface area contributed by atoms with Crippen LogP contribution in [0.25, 0.3) is 0 Å². The van der Waals surface area contributed by atoms with Crippen molar-refractivity contribution in [3.05, 3.63) is 58.2 Å². The fraction of sp³-hybridized carbons (Fsp3) is 0.353. The second kappa shape index (κ2) is 7.21. The molecule has 0 spiro atoms. The number of rotatable bonds is 8. The van der Waals surface area contributed by atoms with E-state index in [9.17, 15) is 19.1 Å². The predicted octanol–water partition coefficient (Wildman–Crippen LogP) is 3.74. The summed E-state index contributed by atoms with van der Waals surface area (Å²) in [5.41, 5.74) is 0.333. The molecule has 1 atom stereocenters. The number of nitrogens with zero attached hydrogens (tertiary/aromatic N) is 4. The van der Waals surface area contributed by atoms with Crippen LogP contribution in [0.2, 0.25) is 0 Å². The molecular formula is C17H18FN4O5P. The number of benzene rings is 1. The summed E-state index contributed by atoms with van der Waals surface area (Å²) >= 11 is 0. The van der Waals surface area contributed by atoms with Gasteiger partial charge in [0.1, 0.15) is 5.75 Å². The van der Waals surface area contributed by atoms with Crippen LogP contribution in [-0.4, -0.2) is 45.4 Å². The highest BCUT2D eigenvalue weighted by Gasteiger charge is 2.50. The van der Waals surface area contributed by atoms with Gasteiger partial charge in [0, 0.05) is 32.2 Å². The van der Waals surface area contributed by atoms with Gasteiger partial charge < -0.3 is 4.74 Å². The number of nitro groups is 1. The molecule has 2 fully saturated rings. The van der Waals surface area contributed by atoms with Crippen LogP contribution < -0.4 is 4.74 Å². The van der Waals surface area contributed by atoms with Crippen LogP contribution >= 0.6 is 7.67 Å². The van der Waals surface area contributed by atoms with E-state index in [4.69, 9.17) is 9.26 Å². The summed E-state index contributed by atoms with van der Waals surface area (Å²) < 4.78 is 41.2. The Kier molecular flexibility index (Phi) is 4.88. The van der Waals surface area contributed by atoms with Gasteiger partial charge in [0.05, 0.1) is 17.2 Å². The first-order valence-corrected chi connectivity index (χ1v) is 10.3. The lowest BCUT2D eigenvalue weighted by atomic mass is 10.1. The Morgan fingerprint density at radius 1 is 1.21 bits per heavy atom. The largest absolute Gasteiger partial charge is 0.448 e. The molecular weight excluding hydrogens is 390 g/mol. The lowest BCUT2D eigenvalue weighted by Gasteiger charge is -2.24. The molecule has 1 aromatic heterocycles. The van der Waals surface area contributed by atoms with Crippen LogP contribution in [0.5, 0.6) is 11.5 Å². The number of pyridine rings is 1. The lowest BCUT2D eigenvalue weighted by molar-refractivity contribution is -0.385. The molecule has 3 heterocycles. The van der Waals surface area contributed by atoms with E-state index >= 15 is 0 Å². The summed E-state index contributed by atoms with van der Waals surface area (Å²) in [6.07, 6.45) is 0.571. The van der Waals surface area contributed by atoms with Gasteiger partial charge in [-0.15, -0.1) is 0 Å². The molecule has 1 unspecified atom stereocenters. The third-order valence-corrected chi connectivity index (χ3v) is 7.26. The molecule has 11 heteroatoms. The summed E-state index contributed by atoms with van der Waals surface area (Å²) in [5, 5.41) is 11.3. The van der Waals surface area contributed by atoms with Crippen LogP contribution in [0, 0.1) is 16.1 Å². The molecule has 0 bridgehead atoms. The van der Waals surface area contributed by atoms with Crippen molar-refractivity contribution in [2.45, 2.75) is 13.0 Å². The number of ether oxygens (including phenoxy) is 1. The molecule has 148 valence electrons. The van der Waals surface area contributed by atoms with Crippen molar-refractivity contribution in [3.63, 3.8) is 0 Å². The number of aromatic nitrogens is 1. The van der Waals surface area contributed by atoms with Crippen LogP contribution in [0.4, 0.5) is 10.1 Å². The monoisotopic (exact) mass is 408 g/mol. The fourth-order valence-corrected chi connectivity index (χ4v) is 5.09. The van der Waals surface area contributed by atoms with E-state index in [-0.39, 0.29) is 17.2 Å². The van der Waals surface area contributed by atoms with Crippen molar-refractivity contribution < 1.29 is 23.1 Å². The van der Waals surface area contributed by atoms with Crippen LogP contribution in [-0.2, 0) is 9.09 Å². The van der Waals surface area contributed by atoms with E-state index < -0.39 is 24.6 Å². The third-order valence-electron chi connectivity index (χ3n) is 4.44. The molecule has 1 aromatic carbocycles. The minimum absolute atomic E-state index is 0.0281. The van der Waals surface area contributed by atoms with E-state index in [0.29, 0.717) is 5.56 Å². The molecule has 9 nitrogen and oxygen atoms in total. The average molecular weight is 408 g/mol. The Balaban J connectivity index is 1.59. The highest BCUT2D eigenvalue weighted by Crippen LogP contribution is 2.63. The van der Waals surface area contributed by atoms with E-state index in [1.165, 1.54) is 18.2 Å². The van der Waals surface area contributed by atoms with Gasteiger partial charge >= 0.3 is 13.4 Å². The molecule has 2 saturated heterocycles. The van der Waals surface area contributed by atoms with Gasteiger partial charge in [-0.3, -0.25) is 19.2 Å². The van der Waals surface area contributed by atoms with Gasteiger partial charge in [-0.1, -0.05) is 0 Å². The summed E-state index contributed by atoms with van der Waals surface area (Å²) in [7, 11) is -3.04. The lowest BCUT2D eigenvalue weighted by Crippen LogP contribution is -2.10. The quantitative estimate of drug-likeness (QED) is 0.214. The van der Waals surface area contributed by atoms with Crippen molar-refractivity contribution >= 4 is 13.4 Å². The van der Waals surface area contributed by atoms with Gasteiger partial charge in [0.15, 0.2) is 0 Å².